The van der Waals surface area contributed by atoms with Crippen LogP contribution in [0.15, 0.2) is 42.9 Å². The van der Waals surface area contributed by atoms with Gasteiger partial charge >= 0.3 is 0 Å². The van der Waals surface area contributed by atoms with E-state index in [0.29, 0.717) is 34.7 Å². The van der Waals surface area contributed by atoms with Crippen LogP contribution in [0.3, 0.4) is 0 Å². The van der Waals surface area contributed by atoms with Gasteiger partial charge in [0.1, 0.15) is 34.7 Å². The Hall–Kier alpha value is -3.46. The van der Waals surface area contributed by atoms with Crippen LogP contribution < -0.4 is 15.0 Å². The Morgan fingerprint density at radius 1 is 1.14 bits per heavy atom. The van der Waals surface area contributed by atoms with Gasteiger partial charge in [0, 0.05) is 31.4 Å². The second-order valence-corrected chi connectivity index (χ2v) is 9.54. The fourth-order valence-corrected chi connectivity index (χ4v) is 5.21. The van der Waals surface area contributed by atoms with Gasteiger partial charge in [-0.2, -0.15) is 0 Å². The highest BCUT2D eigenvalue weighted by Gasteiger charge is 2.42. The van der Waals surface area contributed by atoms with Crippen LogP contribution in [0.25, 0.3) is 11.0 Å². The zero-order valence-electron chi connectivity index (χ0n) is 18.9. The Kier molecular flexibility index (Phi) is 5.64. The number of benzene rings is 1. The molecular weight excluding hydrogens is 471 g/mol. The number of anilines is 3. The average Bonchev–Trinajstić information content (AvgIpc) is 3.45. The van der Waals surface area contributed by atoms with Gasteiger partial charge in [0.05, 0.1) is 17.3 Å². The van der Waals surface area contributed by atoms with Gasteiger partial charge in [-0.05, 0) is 56.0 Å². The first-order valence-corrected chi connectivity index (χ1v) is 12.2. The van der Waals surface area contributed by atoms with Gasteiger partial charge in [-0.1, -0.05) is 11.6 Å². The fraction of sp³-hybridized carbons (Fsp3) is 0.360. The van der Waals surface area contributed by atoms with Crippen molar-refractivity contribution in [1.29, 1.82) is 0 Å². The number of aldehydes is 1. The largest absolute Gasteiger partial charge is 0.489 e. The molecule has 1 saturated carbocycles. The molecule has 35 heavy (non-hydrogen) atoms. The summed E-state index contributed by atoms with van der Waals surface area (Å²) in [6.07, 6.45) is 9.78. The summed E-state index contributed by atoms with van der Waals surface area (Å²) in [5, 5.41) is 3.00. The standard InChI is InChI=1S/C25H24ClFN6O2/c26-22-20(35-17-3-1-4-17)7-5-18(23(22)27)30-25-24-19(28-14-29-25)6-8-21(31-24)33-13-15-11-16(33)12-32(15)9-2-10-34/h2,5-10,14-17H,1,3-4,11-13H2,(H,28,29,30)/b9-2+/t15-,16-/m0/s1. The number of rotatable bonds is 7. The summed E-state index contributed by atoms with van der Waals surface area (Å²) in [5.74, 6) is 0.990. The van der Waals surface area contributed by atoms with E-state index in [0.717, 1.165) is 50.9 Å². The second-order valence-electron chi connectivity index (χ2n) is 9.16. The Morgan fingerprint density at radius 2 is 2.03 bits per heavy atom. The summed E-state index contributed by atoms with van der Waals surface area (Å²) in [5.41, 5.74) is 1.40. The molecule has 0 amide bonds. The van der Waals surface area contributed by atoms with Crippen LogP contribution in [0.2, 0.25) is 5.02 Å². The third-order valence-electron chi connectivity index (χ3n) is 7.05. The molecule has 8 nitrogen and oxygen atoms in total. The quantitative estimate of drug-likeness (QED) is 0.380. The van der Waals surface area contributed by atoms with E-state index in [1.807, 2.05) is 18.3 Å². The molecule has 1 N–H and O–H groups in total. The number of halogens is 2. The van der Waals surface area contributed by atoms with Crippen LogP contribution in [0.1, 0.15) is 25.7 Å². The minimum Gasteiger partial charge on any atom is -0.489 e. The van der Waals surface area contributed by atoms with Gasteiger partial charge < -0.3 is 19.9 Å². The lowest BCUT2D eigenvalue weighted by Gasteiger charge is -2.34. The van der Waals surface area contributed by atoms with Crippen molar-refractivity contribution in [2.24, 2.45) is 0 Å². The van der Waals surface area contributed by atoms with E-state index >= 15 is 4.39 Å². The first-order valence-electron chi connectivity index (χ1n) is 11.8. The number of pyridine rings is 1. The van der Waals surface area contributed by atoms with Gasteiger partial charge in [-0.15, -0.1) is 0 Å². The molecule has 4 heterocycles. The third-order valence-corrected chi connectivity index (χ3v) is 7.40. The van der Waals surface area contributed by atoms with Crippen molar-refractivity contribution >= 4 is 46.2 Å². The van der Waals surface area contributed by atoms with Gasteiger partial charge in [0.15, 0.2) is 11.6 Å². The molecule has 3 aliphatic rings. The molecule has 2 aromatic heterocycles. The van der Waals surface area contributed by atoms with Gasteiger partial charge in [0.2, 0.25) is 0 Å². The van der Waals surface area contributed by atoms with Crippen molar-refractivity contribution in [2.75, 3.05) is 23.3 Å². The second kappa shape index (κ2) is 8.96. The van der Waals surface area contributed by atoms with Crippen molar-refractivity contribution in [3.63, 3.8) is 0 Å². The monoisotopic (exact) mass is 494 g/mol. The van der Waals surface area contributed by atoms with Crippen LogP contribution in [0.5, 0.6) is 5.75 Å². The molecular formula is C25H24ClFN6O2. The molecule has 3 fully saturated rings. The third kappa shape index (κ3) is 4.03. The Labute approximate surface area is 206 Å². The summed E-state index contributed by atoms with van der Waals surface area (Å²) in [4.78, 5) is 28.7. The molecule has 3 aromatic rings. The van der Waals surface area contributed by atoms with Gasteiger partial charge in [-0.3, -0.25) is 4.79 Å². The van der Waals surface area contributed by atoms with Crippen LogP contribution in [-0.4, -0.2) is 57.4 Å². The predicted molar refractivity (Wildman–Crippen MR) is 132 cm³/mol. The molecule has 0 spiro atoms. The number of fused-ring (bicyclic) bond motifs is 3. The molecule has 6 rings (SSSR count). The number of allylic oxidation sites excluding steroid dienone is 1. The van der Waals surface area contributed by atoms with Gasteiger partial charge in [-0.25, -0.2) is 19.3 Å². The van der Waals surface area contributed by atoms with Crippen molar-refractivity contribution in [3.05, 3.63) is 53.7 Å². The maximum atomic E-state index is 15.1. The topological polar surface area (TPSA) is 83.5 Å². The van der Waals surface area contributed by atoms with E-state index in [4.69, 9.17) is 21.3 Å². The number of hydrogen-bond acceptors (Lipinski definition) is 8. The van der Waals surface area contributed by atoms with Crippen molar-refractivity contribution < 1.29 is 13.9 Å². The molecule has 0 unspecified atom stereocenters. The summed E-state index contributed by atoms with van der Waals surface area (Å²) in [6, 6.07) is 7.79. The van der Waals surface area contributed by atoms with Crippen LogP contribution in [0, 0.1) is 5.82 Å². The minimum atomic E-state index is -0.591. The smallest absolute Gasteiger partial charge is 0.169 e. The highest BCUT2D eigenvalue weighted by molar-refractivity contribution is 6.32. The van der Waals surface area contributed by atoms with E-state index in [1.165, 1.54) is 12.4 Å². The number of carbonyl (C=O) groups excluding carboxylic acids is 1. The summed E-state index contributed by atoms with van der Waals surface area (Å²) in [6.45, 7) is 1.65. The van der Waals surface area contributed by atoms with Crippen molar-refractivity contribution in [2.45, 2.75) is 43.9 Å². The Bertz CT molecular complexity index is 1320. The molecule has 1 aliphatic carbocycles. The molecule has 10 heteroatoms. The summed E-state index contributed by atoms with van der Waals surface area (Å²) < 4.78 is 20.9. The van der Waals surface area contributed by atoms with E-state index in [9.17, 15) is 4.79 Å². The molecule has 2 bridgehead atoms. The average molecular weight is 495 g/mol. The Balaban J connectivity index is 1.26. The fourth-order valence-electron chi connectivity index (χ4n) is 5.00. The number of nitrogens with one attached hydrogen (secondary N) is 1. The highest BCUT2D eigenvalue weighted by atomic mass is 35.5. The molecule has 1 aromatic carbocycles. The van der Waals surface area contributed by atoms with E-state index in [2.05, 4.69) is 25.1 Å². The normalized spacial score (nSPS) is 21.7. The predicted octanol–water partition coefficient (Wildman–Crippen LogP) is 4.47. The van der Waals surface area contributed by atoms with Crippen LogP contribution in [-0.2, 0) is 4.79 Å². The number of nitrogens with zero attached hydrogens (tertiary/aromatic N) is 5. The number of ether oxygens (including phenoxy) is 1. The highest BCUT2D eigenvalue weighted by Crippen LogP contribution is 2.38. The zero-order valence-corrected chi connectivity index (χ0v) is 19.7. The zero-order chi connectivity index (χ0) is 23.9. The maximum Gasteiger partial charge on any atom is 0.169 e. The van der Waals surface area contributed by atoms with Crippen LogP contribution >= 0.6 is 11.6 Å². The summed E-state index contributed by atoms with van der Waals surface area (Å²) in [7, 11) is 0. The minimum absolute atomic E-state index is 0.0461. The lowest BCUT2D eigenvalue weighted by Crippen LogP contribution is -2.44. The SMILES string of the molecule is O=C/C=C/N1C[C@@H]2C[C@H]1CN2c1ccc2ncnc(Nc3ccc(OC4CCC4)c(Cl)c3F)c2n1. The molecule has 2 aliphatic heterocycles. The van der Waals surface area contributed by atoms with Gasteiger partial charge in [0.25, 0.3) is 0 Å². The Morgan fingerprint density at radius 3 is 2.77 bits per heavy atom. The molecule has 2 atom stereocenters. The van der Waals surface area contributed by atoms with E-state index < -0.39 is 5.82 Å². The van der Waals surface area contributed by atoms with Crippen LogP contribution in [0.4, 0.5) is 21.7 Å². The molecule has 2 saturated heterocycles. The summed E-state index contributed by atoms with van der Waals surface area (Å²) >= 11 is 6.28. The number of likely N-dealkylation sites (tertiary alicyclic amines) is 1. The van der Waals surface area contributed by atoms with E-state index in [-0.39, 0.29) is 16.8 Å². The molecule has 180 valence electrons. The lowest BCUT2D eigenvalue weighted by molar-refractivity contribution is -0.104. The number of piperazine rings is 1. The van der Waals surface area contributed by atoms with Crippen molar-refractivity contribution in [3.8, 4) is 5.75 Å². The number of hydrogen-bond donors (Lipinski definition) is 1. The lowest BCUT2D eigenvalue weighted by atomic mass is 9.96. The van der Waals surface area contributed by atoms with Crippen molar-refractivity contribution in [1.82, 2.24) is 19.9 Å². The molecule has 0 radical (unpaired) electrons. The first-order chi connectivity index (χ1) is 17.1. The number of carbonyl (C=O) groups is 1. The first kappa shape index (κ1) is 22.0. The maximum absolute atomic E-state index is 15.1. The number of aromatic nitrogens is 3. The van der Waals surface area contributed by atoms with E-state index in [1.54, 1.807) is 12.1 Å².